The van der Waals surface area contributed by atoms with Crippen LogP contribution in [0.1, 0.15) is 12.8 Å². The third kappa shape index (κ3) is 4.33. The smallest absolute Gasteiger partial charge is 0.134 e. The Morgan fingerprint density at radius 1 is 1.37 bits per heavy atom. The Labute approximate surface area is 115 Å². The lowest BCUT2D eigenvalue weighted by atomic mass is 10.1. The van der Waals surface area contributed by atoms with Gasteiger partial charge in [-0.05, 0) is 26.9 Å². The fourth-order valence-corrected chi connectivity index (χ4v) is 2.15. The van der Waals surface area contributed by atoms with Crippen molar-refractivity contribution in [2.75, 3.05) is 50.5 Å². The summed E-state index contributed by atoms with van der Waals surface area (Å²) >= 11 is 0. The Hall–Kier alpha value is -1.40. The molecule has 19 heavy (non-hydrogen) atoms. The van der Waals surface area contributed by atoms with E-state index < -0.39 is 0 Å². The topological polar surface area (TPSA) is 70.3 Å². The van der Waals surface area contributed by atoms with E-state index in [9.17, 15) is 0 Å². The molecule has 1 aliphatic heterocycles. The van der Waals surface area contributed by atoms with Crippen LogP contribution in [0.15, 0.2) is 12.4 Å². The normalized spacial score (nSPS) is 16.9. The van der Waals surface area contributed by atoms with Crippen LogP contribution >= 0.6 is 0 Å². The van der Waals surface area contributed by atoms with Gasteiger partial charge in [-0.3, -0.25) is 0 Å². The molecule has 0 unspecified atom stereocenters. The van der Waals surface area contributed by atoms with Crippen LogP contribution in [-0.2, 0) is 0 Å². The number of likely N-dealkylation sites (N-methyl/N-ethyl adjacent to an activating group) is 1. The molecule has 0 amide bonds. The number of nitrogens with two attached hydrogens (primary N) is 1. The Bertz CT molecular complexity index is 386. The van der Waals surface area contributed by atoms with Crippen LogP contribution in [0.2, 0.25) is 0 Å². The van der Waals surface area contributed by atoms with E-state index in [1.807, 2.05) is 6.07 Å². The maximum atomic E-state index is 5.92. The van der Waals surface area contributed by atoms with Gasteiger partial charge in [-0.1, -0.05) is 0 Å². The molecule has 0 atom stereocenters. The first kappa shape index (κ1) is 14.0. The molecule has 106 valence electrons. The Morgan fingerprint density at radius 3 is 2.79 bits per heavy atom. The molecule has 6 nitrogen and oxygen atoms in total. The number of rotatable bonds is 5. The molecule has 1 aromatic rings. The number of aromatic nitrogens is 2. The average molecular weight is 264 g/mol. The molecule has 2 rings (SSSR count). The highest BCUT2D eigenvalue weighted by Crippen LogP contribution is 2.18. The summed E-state index contributed by atoms with van der Waals surface area (Å²) in [5.41, 5.74) is 5.92. The largest absolute Gasteiger partial charge is 0.369 e. The van der Waals surface area contributed by atoms with Crippen molar-refractivity contribution in [2.24, 2.45) is 5.73 Å². The fourth-order valence-electron chi connectivity index (χ4n) is 2.15. The summed E-state index contributed by atoms with van der Waals surface area (Å²) in [7, 11) is 4.12. The van der Waals surface area contributed by atoms with Gasteiger partial charge in [-0.25, -0.2) is 9.97 Å². The third-order valence-electron chi connectivity index (χ3n) is 3.38. The monoisotopic (exact) mass is 264 g/mol. The van der Waals surface area contributed by atoms with Crippen LogP contribution in [0, 0.1) is 0 Å². The van der Waals surface area contributed by atoms with Crippen molar-refractivity contribution in [2.45, 2.75) is 18.9 Å². The molecule has 0 radical (unpaired) electrons. The van der Waals surface area contributed by atoms with E-state index in [1.165, 1.54) is 0 Å². The van der Waals surface area contributed by atoms with Gasteiger partial charge in [-0.15, -0.1) is 0 Å². The van der Waals surface area contributed by atoms with Crippen molar-refractivity contribution in [1.29, 1.82) is 0 Å². The highest BCUT2D eigenvalue weighted by Gasteiger charge is 2.17. The number of piperidine rings is 1. The fraction of sp³-hybridized carbons (Fsp3) is 0.692. The highest BCUT2D eigenvalue weighted by atomic mass is 15.2. The molecule has 0 aromatic carbocycles. The van der Waals surface area contributed by atoms with Gasteiger partial charge in [0.15, 0.2) is 0 Å². The first-order chi connectivity index (χ1) is 9.15. The lowest BCUT2D eigenvalue weighted by Crippen LogP contribution is -2.40. The minimum atomic E-state index is 0.343. The first-order valence-corrected chi connectivity index (χ1v) is 6.86. The molecule has 0 aliphatic carbocycles. The molecule has 0 saturated carbocycles. The van der Waals surface area contributed by atoms with Crippen LogP contribution < -0.4 is 16.0 Å². The van der Waals surface area contributed by atoms with Gasteiger partial charge < -0.3 is 20.9 Å². The molecule has 1 fully saturated rings. The predicted octanol–water partition coefficient (Wildman–Crippen LogP) is 0.378. The second kappa shape index (κ2) is 6.68. The second-order valence-corrected chi connectivity index (χ2v) is 5.32. The zero-order chi connectivity index (χ0) is 13.7. The van der Waals surface area contributed by atoms with Gasteiger partial charge >= 0.3 is 0 Å². The zero-order valence-electron chi connectivity index (χ0n) is 11.8. The van der Waals surface area contributed by atoms with Crippen molar-refractivity contribution in [3.05, 3.63) is 12.4 Å². The average Bonchev–Trinajstić information content (AvgIpc) is 2.39. The van der Waals surface area contributed by atoms with E-state index in [2.05, 4.69) is 39.2 Å². The van der Waals surface area contributed by atoms with Crippen LogP contribution in [0.3, 0.4) is 0 Å². The minimum Gasteiger partial charge on any atom is -0.369 e. The lowest BCUT2D eigenvalue weighted by molar-refractivity contribution is 0.425. The van der Waals surface area contributed by atoms with Gasteiger partial charge in [0.1, 0.15) is 18.0 Å². The highest BCUT2D eigenvalue weighted by molar-refractivity contribution is 5.48. The van der Waals surface area contributed by atoms with Crippen molar-refractivity contribution in [1.82, 2.24) is 14.9 Å². The second-order valence-electron chi connectivity index (χ2n) is 5.32. The van der Waals surface area contributed by atoms with E-state index in [1.54, 1.807) is 6.33 Å². The predicted molar refractivity (Wildman–Crippen MR) is 78.5 cm³/mol. The SMILES string of the molecule is CN(C)CCNc1cc(N2CCC(N)CC2)ncn1. The number of nitrogens with zero attached hydrogens (tertiary/aromatic N) is 4. The van der Waals surface area contributed by atoms with E-state index in [-0.39, 0.29) is 0 Å². The molecule has 3 N–H and O–H groups in total. The molecule has 1 saturated heterocycles. The number of nitrogens with one attached hydrogen (secondary N) is 1. The minimum absolute atomic E-state index is 0.343. The summed E-state index contributed by atoms with van der Waals surface area (Å²) < 4.78 is 0. The molecule has 0 spiro atoms. The van der Waals surface area contributed by atoms with Crippen molar-refractivity contribution >= 4 is 11.6 Å². The van der Waals surface area contributed by atoms with Crippen LogP contribution in [0.5, 0.6) is 0 Å². The zero-order valence-corrected chi connectivity index (χ0v) is 11.8. The first-order valence-electron chi connectivity index (χ1n) is 6.86. The Morgan fingerprint density at radius 2 is 2.11 bits per heavy atom. The van der Waals surface area contributed by atoms with Gasteiger partial charge in [-0.2, -0.15) is 0 Å². The van der Waals surface area contributed by atoms with E-state index in [0.717, 1.165) is 50.7 Å². The van der Waals surface area contributed by atoms with E-state index in [4.69, 9.17) is 5.73 Å². The Kier molecular flexibility index (Phi) is 4.93. The Balaban J connectivity index is 1.91. The number of hydrogen-bond donors (Lipinski definition) is 2. The molecule has 0 bridgehead atoms. The van der Waals surface area contributed by atoms with Gasteiger partial charge in [0.25, 0.3) is 0 Å². The summed E-state index contributed by atoms with van der Waals surface area (Å²) in [6.07, 6.45) is 3.70. The molecular weight excluding hydrogens is 240 g/mol. The number of anilines is 2. The molecule has 6 heteroatoms. The lowest BCUT2D eigenvalue weighted by Gasteiger charge is -2.31. The van der Waals surface area contributed by atoms with Gasteiger partial charge in [0, 0.05) is 38.3 Å². The van der Waals surface area contributed by atoms with Crippen LogP contribution in [0.25, 0.3) is 0 Å². The molecule has 1 aliphatic rings. The quantitative estimate of drug-likeness (QED) is 0.801. The van der Waals surface area contributed by atoms with Crippen molar-refractivity contribution in [3.63, 3.8) is 0 Å². The van der Waals surface area contributed by atoms with E-state index in [0.29, 0.717) is 6.04 Å². The summed E-state index contributed by atoms with van der Waals surface area (Å²) in [5, 5.41) is 3.32. The number of hydrogen-bond acceptors (Lipinski definition) is 6. The summed E-state index contributed by atoms with van der Waals surface area (Å²) in [6.45, 7) is 3.83. The van der Waals surface area contributed by atoms with E-state index >= 15 is 0 Å². The van der Waals surface area contributed by atoms with Gasteiger partial charge in [0.05, 0.1) is 0 Å². The van der Waals surface area contributed by atoms with Crippen molar-refractivity contribution < 1.29 is 0 Å². The van der Waals surface area contributed by atoms with Crippen LogP contribution in [-0.4, -0.2) is 61.2 Å². The maximum absolute atomic E-state index is 5.92. The molecule has 1 aromatic heterocycles. The summed E-state index contributed by atoms with van der Waals surface area (Å²) in [4.78, 5) is 13.0. The summed E-state index contributed by atoms with van der Waals surface area (Å²) in [6, 6.07) is 2.36. The van der Waals surface area contributed by atoms with Crippen molar-refractivity contribution in [3.8, 4) is 0 Å². The third-order valence-corrected chi connectivity index (χ3v) is 3.38. The van der Waals surface area contributed by atoms with Gasteiger partial charge in [0.2, 0.25) is 0 Å². The molecular formula is C13H24N6. The maximum Gasteiger partial charge on any atom is 0.134 e. The van der Waals surface area contributed by atoms with Crippen LogP contribution in [0.4, 0.5) is 11.6 Å². The molecule has 2 heterocycles. The standard InChI is InChI=1S/C13H24N6/c1-18(2)8-5-15-12-9-13(17-10-16-12)19-6-3-11(14)4-7-19/h9-11H,3-8,14H2,1-2H3,(H,15,16,17). The summed E-state index contributed by atoms with van der Waals surface area (Å²) in [5.74, 6) is 1.89.